The minimum atomic E-state index is 0.0846. The van der Waals surface area contributed by atoms with Crippen LogP contribution >= 0.6 is 15.9 Å². The fourth-order valence-corrected chi connectivity index (χ4v) is 2.62. The smallest absolute Gasteiger partial charge is 0.0576 e. The zero-order valence-electron chi connectivity index (χ0n) is 9.94. The number of halogens is 1. The Morgan fingerprint density at radius 3 is 3.12 bits per heavy atom. The largest absolute Gasteiger partial charge is 0.378 e. The summed E-state index contributed by atoms with van der Waals surface area (Å²) in [5.74, 6) is 0. The van der Waals surface area contributed by atoms with Crippen molar-refractivity contribution in [2.45, 2.75) is 44.2 Å². The van der Waals surface area contributed by atoms with Gasteiger partial charge >= 0.3 is 0 Å². The van der Waals surface area contributed by atoms with Crippen LogP contribution in [-0.2, 0) is 4.74 Å². The maximum Gasteiger partial charge on any atom is 0.0576 e. The first-order valence-corrected chi connectivity index (χ1v) is 7.02. The lowest BCUT2D eigenvalue weighted by atomic mass is 10.0. The van der Waals surface area contributed by atoms with Gasteiger partial charge in [-0.1, -0.05) is 0 Å². The highest BCUT2D eigenvalue weighted by atomic mass is 79.9. The summed E-state index contributed by atoms with van der Waals surface area (Å²) in [6, 6.07) is 2.13. The van der Waals surface area contributed by atoms with Crippen LogP contribution in [0, 0.1) is 0 Å². The van der Waals surface area contributed by atoms with Crippen LogP contribution in [0.1, 0.15) is 43.7 Å². The first kappa shape index (κ1) is 13.0. The minimum absolute atomic E-state index is 0.0846. The van der Waals surface area contributed by atoms with Crippen molar-refractivity contribution in [3.8, 4) is 0 Å². The third-order valence-corrected chi connectivity index (χ3v) is 3.65. The van der Waals surface area contributed by atoms with Gasteiger partial charge in [-0.15, -0.1) is 0 Å². The predicted octanol–water partition coefficient (Wildman–Crippen LogP) is 3.19. The van der Waals surface area contributed by atoms with Gasteiger partial charge in [-0.25, -0.2) is 0 Å². The molecule has 4 heteroatoms. The average molecular weight is 299 g/mol. The van der Waals surface area contributed by atoms with Crippen molar-refractivity contribution in [1.29, 1.82) is 0 Å². The number of aromatic nitrogens is 1. The van der Waals surface area contributed by atoms with E-state index in [0.29, 0.717) is 6.10 Å². The van der Waals surface area contributed by atoms with Gasteiger partial charge in [0, 0.05) is 29.5 Å². The molecule has 2 heterocycles. The van der Waals surface area contributed by atoms with Gasteiger partial charge in [-0.2, -0.15) is 0 Å². The summed E-state index contributed by atoms with van der Waals surface area (Å²) in [4.78, 5) is 4.14. The molecule has 3 nitrogen and oxygen atoms in total. The highest BCUT2D eigenvalue weighted by molar-refractivity contribution is 9.10. The molecule has 1 fully saturated rings. The Balaban J connectivity index is 1.74. The van der Waals surface area contributed by atoms with Crippen molar-refractivity contribution < 1.29 is 4.74 Å². The lowest BCUT2D eigenvalue weighted by Crippen LogP contribution is -2.12. The molecule has 0 aliphatic carbocycles. The Morgan fingerprint density at radius 2 is 2.41 bits per heavy atom. The Hall–Kier alpha value is -0.450. The summed E-state index contributed by atoms with van der Waals surface area (Å²) >= 11 is 3.41. The van der Waals surface area contributed by atoms with Gasteiger partial charge in [-0.3, -0.25) is 4.98 Å². The topological polar surface area (TPSA) is 48.1 Å². The van der Waals surface area contributed by atoms with Crippen LogP contribution in [0.4, 0.5) is 0 Å². The van der Waals surface area contributed by atoms with E-state index in [1.165, 1.54) is 12.8 Å². The van der Waals surface area contributed by atoms with E-state index in [-0.39, 0.29) is 6.04 Å². The van der Waals surface area contributed by atoms with Crippen molar-refractivity contribution in [2.24, 2.45) is 5.73 Å². The number of nitrogens with two attached hydrogens (primary N) is 1. The van der Waals surface area contributed by atoms with Crippen LogP contribution in [0.5, 0.6) is 0 Å². The van der Waals surface area contributed by atoms with E-state index in [1.807, 2.05) is 12.3 Å². The summed E-state index contributed by atoms with van der Waals surface area (Å²) in [6.07, 6.45) is 9.79. The standard InChI is InChI=1S/C13H19BrN2O/c14-11-7-10(8-16-9-11)13(15)5-1-3-12-4-2-6-17-12/h7-9,12-13H,1-6,15H2. The van der Waals surface area contributed by atoms with Gasteiger partial charge in [0.2, 0.25) is 0 Å². The Morgan fingerprint density at radius 1 is 1.53 bits per heavy atom. The lowest BCUT2D eigenvalue weighted by molar-refractivity contribution is 0.101. The molecule has 17 heavy (non-hydrogen) atoms. The molecule has 0 spiro atoms. The monoisotopic (exact) mass is 298 g/mol. The second kappa shape index (κ2) is 6.47. The number of pyridine rings is 1. The molecular weight excluding hydrogens is 280 g/mol. The summed E-state index contributed by atoms with van der Waals surface area (Å²) in [5, 5.41) is 0. The van der Waals surface area contributed by atoms with E-state index in [9.17, 15) is 0 Å². The van der Waals surface area contributed by atoms with Gasteiger partial charge in [-0.05, 0) is 59.7 Å². The van der Waals surface area contributed by atoms with Crippen molar-refractivity contribution in [3.63, 3.8) is 0 Å². The van der Waals surface area contributed by atoms with Gasteiger partial charge in [0.1, 0.15) is 0 Å². The third kappa shape index (κ3) is 4.05. The molecule has 1 aliphatic heterocycles. The number of hydrogen-bond donors (Lipinski definition) is 1. The van der Waals surface area contributed by atoms with Crippen molar-refractivity contribution >= 4 is 15.9 Å². The third-order valence-electron chi connectivity index (χ3n) is 3.22. The second-order valence-corrected chi connectivity index (χ2v) is 5.52. The maximum atomic E-state index is 6.15. The van der Waals surface area contributed by atoms with Crippen molar-refractivity contribution in [2.75, 3.05) is 6.61 Å². The van der Waals surface area contributed by atoms with Crippen LogP contribution in [-0.4, -0.2) is 17.7 Å². The molecule has 1 aromatic rings. The summed E-state index contributed by atoms with van der Waals surface area (Å²) in [5.41, 5.74) is 7.25. The molecule has 2 atom stereocenters. The molecule has 0 radical (unpaired) electrons. The van der Waals surface area contributed by atoms with Crippen LogP contribution in [0.25, 0.3) is 0 Å². The number of hydrogen-bond acceptors (Lipinski definition) is 3. The van der Waals surface area contributed by atoms with Crippen LogP contribution in [0.15, 0.2) is 22.9 Å². The van der Waals surface area contributed by atoms with Crippen molar-refractivity contribution in [3.05, 3.63) is 28.5 Å². The van der Waals surface area contributed by atoms with Crippen LogP contribution in [0.3, 0.4) is 0 Å². The molecular formula is C13H19BrN2O. The number of rotatable bonds is 5. The summed E-state index contributed by atoms with van der Waals surface area (Å²) in [7, 11) is 0. The fourth-order valence-electron chi connectivity index (χ4n) is 2.24. The number of ether oxygens (including phenoxy) is 1. The van der Waals surface area contributed by atoms with E-state index in [4.69, 9.17) is 10.5 Å². The summed E-state index contributed by atoms with van der Waals surface area (Å²) < 4.78 is 6.59. The summed E-state index contributed by atoms with van der Waals surface area (Å²) in [6.45, 7) is 0.937. The molecule has 1 aliphatic rings. The highest BCUT2D eigenvalue weighted by Crippen LogP contribution is 2.22. The Kier molecular flexibility index (Phi) is 4.95. The predicted molar refractivity (Wildman–Crippen MR) is 71.7 cm³/mol. The highest BCUT2D eigenvalue weighted by Gasteiger charge is 2.15. The fraction of sp³-hybridized carbons (Fsp3) is 0.615. The first-order chi connectivity index (χ1) is 8.25. The average Bonchev–Trinajstić information content (AvgIpc) is 2.82. The second-order valence-electron chi connectivity index (χ2n) is 4.61. The Labute approximate surface area is 111 Å². The van der Waals surface area contributed by atoms with E-state index in [1.54, 1.807) is 6.20 Å². The SMILES string of the molecule is NC(CCCC1CCCO1)c1cncc(Br)c1. The zero-order valence-corrected chi connectivity index (χ0v) is 11.5. The van der Waals surface area contributed by atoms with Crippen LogP contribution in [0.2, 0.25) is 0 Å². The molecule has 0 bridgehead atoms. The molecule has 2 unspecified atom stereocenters. The molecule has 2 rings (SSSR count). The molecule has 1 aromatic heterocycles. The molecule has 0 saturated carbocycles. The van der Waals surface area contributed by atoms with Crippen molar-refractivity contribution in [1.82, 2.24) is 4.98 Å². The van der Waals surface area contributed by atoms with E-state index < -0.39 is 0 Å². The molecule has 2 N–H and O–H groups in total. The van der Waals surface area contributed by atoms with E-state index in [2.05, 4.69) is 20.9 Å². The van der Waals surface area contributed by atoms with Gasteiger partial charge in [0.05, 0.1) is 6.10 Å². The zero-order chi connectivity index (χ0) is 12.1. The molecule has 0 aromatic carbocycles. The Bertz CT molecular complexity index is 353. The van der Waals surface area contributed by atoms with E-state index >= 15 is 0 Å². The normalized spacial score (nSPS) is 21.6. The maximum absolute atomic E-state index is 6.15. The quantitative estimate of drug-likeness (QED) is 0.908. The van der Waals surface area contributed by atoms with Gasteiger partial charge in [0.15, 0.2) is 0 Å². The van der Waals surface area contributed by atoms with Gasteiger partial charge in [0.25, 0.3) is 0 Å². The first-order valence-electron chi connectivity index (χ1n) is 6.23. The van der Waals surface area contributed by atoms with E-state index in [0.717, 1.165) is 35.9 Å². The lowest BCUT2D eigenvalue weighted by Gasteiger charge is -2.13. The molecule has 1 saturated heterocycles. The molecule has 94 valence electrons. The van der Waals surface area contributed by atoms with Crippen LogP contribution < -0.4 is 5.73 Å². The minimum Gasteiger partial charge on any atom is -0.378 e. The van der Waals surface area contributed by atoms with Gasteiger partial charge < -0.3 is 10.5 Å². The molecule has 0 amide bonds. The number of nitrogens with zero attached hydrogens (tertiary/aromatic N) is 1.